The van der Waals surface area contributed by atoms with E-state index in [1.54, 1.807) is 0 Å². The number of aromatic nitrogens is 5. The van der Waals surface area contributed by atoms with E-state index in [4.69, 9.17) is 0 Å². The average molecular weight is 407 g/mol. The van der Waals surface area contributed by atoms with Crippen molar-refractivity contribution in [3.05, 3.63) is 36.0 Å². The molecule has 0 unspecified atom stereocenters. The molecule has 0 amide bonds. The average Bonchev–Trinajstić information content (AvgIpc) is 3.06. The second-order valence-corrected chi connectivity index (χ2v) is 5.55. The molecule has 0 bridgehead atoms. The fourth-order valence-corrected chi connectivity index (χ4v) is 2.10. The molecule has 3 heterocycles. The lowest BCUT2D eigenvalue weighted by molar-refractivity contribution is -0.238. The second-order valence-electron chi connectivity index (χ2n) is 5.55. The number of alkyl halides is 5. The third-order valence-corrected chi connectivity index (χ3v) is 3.63. The number of nitrogens with zero attached hydrogens (tertiary/aromatic N) is 5. The Bertz CT molecular complexity index is 1010. The van der Waals surface area contributed by atoms with Crippen LogP contribution in [0.15, 0.2) is 24.4 Å². The minimum Gasteiger partial charge on any atom is -0.463 e. The second kappa shape index (κ2) is 6.89. The molecule has 0 saturated heterocycles. The van der Waals surface area contributed by atoms with Crippen LogP contribution < -0.4 is 4.74 Å². The predicted molar refractivity (Wildman–Crippen MR) is 81.0 cm³/mol. The number of halogens is 6. The standard InChI is InChI=1S/C15H11F6N5O2/c1-7(14(17,18)19)28-12-9(16)5-8(6-22-12)10-3-4-11-23-24-13(26(11)25-10)15(20,21)27-2/h3-7H,1-2H3/t7-/m1/s1. The van der Waals surface area contributed by atoms with Crippen molar-refractivity contribution in [1.29, 1.82) is 0 Å². The van der Waals surface area contributed by atoms with Gasteiger partial charge in [-0.15, -0.1) is 10.2 Å². The molecule has 0 radical (unpaired) electrons. The third-order valence-electron chi connectivity index (χ3n) is 3.63. The zero-order valence-corrected chi connectivity index (χ0v) is 14.2. The first-order valence-corrected chi connectivity index (χ1v) is 7.58. The fraction of sp³-hybridized carbons (Fsp3) is 0.333. The summed E-state index contributed by atoms with van der Waals surface area (Å²) in [5, 5.41) is 10.7. The largest absolute Gasteiger partial charge is 0.463 e. The van der Waals surface area contributed by atoms with E-state index in [1.165, 1.54) is 12.1 Å². The van der Waals surface area contributed by atoms with Crippen LogP contribution in [0.2, 0.25) is 0 Å². The zero-order chi connectivity index (χ0) is 20.7. The molecule has 3 rings (SSSR count). The molecule has 0 aromatic carbocycles. The lowest BCUT2D eigenvalue weighted by atomic mass is 10.2. The molecule has 0 aliphatic rings. The summed E-state index contributed by atoms with van der Waals surface area (Å²) >= 11 is 0. The molecule has 0 aliphatic carbocycles. The summed E-state index contributed by atoms with van der Waals surface area (Å²) in [6.07, 6.45) is -9.75. The van der Waals surface area contributed by atoms with Crippen molar-refractivity contribution in [2.24, 2.45) is 0 Å². The number of ether oxygens (including phenoxy) is 2. The Labute approximate surface area is 152 Å². The maximum atomic E-state index is 14.1. The number of pyridine rings is 1. The molecule has 0 N–H and O–H groups in total. The molecule has 3 aromatic heterocycles. The van der Waals surface area contributed by atoms with Gasteiger partial charge in [-0.3, -0.25) is 0 Å². The molecule has 13 heteroatoms. The van der Waals surface area contributed by atoms with Crippen LogP contribution in [0.4, 0.5) is 26.3 Å². The summed E-state index contributed by atoms with van der Waals surface area (Å²) in [5.41, 5.74) is -0.0306. The van der Waals surface area contributed by atoms with Crippen LogP contribution in [0.1, 0.15) is 12.7 Å². The van der Waals surface area contributed by atoms with E-state index < -0.39 is 35.9 Å². The molecule has 3 aromatic rings. The molecule has 0 aliphatic heterocycles. The first kappa shape index (κ1) is 19.8. The molecule has 1 atom stereocenters. The molecule has 0 fully saturated rings. The van der Waals surface area contributed by atoms with Gasteiger partial charge in [-0.05, 0) is 25.1 Å². The summed E-state index contributed by atoms with van der Waals surface area (Å²) in [6, 6.07) is 3.44. The maximum Gasteiger partial charge on any atom is 0.425 e. The Hall–Kier alpha value is -2.96. The van der Waals surface area contributed by atoms with Crippen LogP contribution in [-0.2, 0) is 10.8 Å². The first-order chi connectivity index (χ1) is 13.0. The van der Waals surface area contributed by atoms with Gasteiger partial charge >= 0.3 is 12.3 Å². The lowest BCUT2D eigenvalue weighted by Crippen LogP contribution is -2.31. The van der Waals surface area contributed by atoms with Crippen LogP contribution in [-0.4, -0.2) is 44.2 Å². The highest BCUT2D eigenvalue weighted by molar-refractivity contribution is 5.59. The van der Waals surface area contributed by atoms with Gasteiger partial charge in [0.15, 0.2) is 17.6 Å². The smallest absolute Gasteiger partial charge is 0.425 e. The highest BCUT2D eigenvalue weighted by Gasteiger charge is 2.39. The third kappa shape index (κ3) is 3.69. The molecular formula is C15H11F6N5O2. The van der Waals surface area contributed by atoms with E-state index in [0.717, 1.165) is 19.4 Å². The molecule has 0 spiro atoms. The number of methoxy groups -OCH3 is 1. The Morgan fingerprint density at radius 1 is 1.11 bits per heavy atom. The van der Waals surface area contributed by atoms with Gasteiger partial charge < -0.3 is 9.47 Å². The van der Waals surface area contributed by atoms with Crippen molar-refractivity contribution < 1.29 is 35.8 Å². The molecule has 7 nitrogen and oxygen atoms in total. The number of hydrogen-bond acceptors (Lipinski definition) is 6. The summed E-state index contributed by atoms with van der Waals surface area (Å²) in [7, 11) is 0.769. The van der Waals surface area contributed by atoms with Gasteiger partial charge in [-0.2, -0.15) is 31.6 Å². The van der Waals surface area contributed by atoms with E-state index in [9.17, 15) is 26.3 Å². The Morgan fingerprint density at radius 3 is 2.43 bits per heavy atom. The summed E-state index contributed by atoms with van der Waals surface area (Å²) in [4.78, 5) is 3.51. The van der Waals surface area contributed by atoms with Crippen LogP contribution in [0.3, 0.4) is 0 Å². The lowest BCUT2D eigenvalue weighted by Gasteiger charge is -2.17. The topological polar surface area (TPSA) is 74.4 Å². The molecular weight excluding hydrogens is 396 g/mol. The van der Waals surface area contributed by atoms with Gasteiger partial charge in [-0.25, -0.2) is 9.37 Å². The normalized spacial score (nSPS) is 13.7. The van der Waals surface area contributed by atoms with E-state index in [2.05, 4.69) is 29.8 Å². The van der Waals surface area contributed by atoms with Crippen molar-refractivity contribution in [3.63, 3.8) is 0 Å². The Balaban J connectivity index is 1.97. The van der Waals surface area contributed by atoms with E-state index in [0.29, 0.717) is 11.4 Å². The highest BCUT2D eigenvalue weighted by atomic mass is 19.4. The van der Waals surface area contributed by atoms with Crippen LogP contribution in [0.5, 0.6) is 5.88 Å². The molecule has 28 heavy (non-hydrogen) atoms. The van der Waals surface area contributed by atoms with Gasteiger partial charge in [-0.1, -0.05) is 0 Å². The van der Waals surface area contributed by atoms with Crippen LogP contribution in [0.25, 0.3) is 16.9 Å². The predicted octanol–water partition coefficient (Wildman–Crippen LogP) is 3.35. The van der Waals surface area contributed by atoms with Crippen LogP contribution >= 0.6 is 0 Å². The maximum absolute atomic E-state index is 14.1. The van der Waals surface area contributed by atoms with E-state index >= 15 is 0 Å². The number of fused-ring (bicyclic) bond motifs is 1. The van der Waals surface area contributed by atoms with Gasteiger partial charge in [0.05, 0.1) is 5.69 Å². The van der Waals surface area contributed by atoms with Crippen molar-refractivity contribution in [2.75, 3.05) is 7.11 Å². The van der Waals surface area contributed by atoms with Crippen molar-refractivity contribution >= 4 is 5.65 Å². The number of rotatable bonds is 5. The van der Waals surface area contributed by atoms with Gasteiger partial charge in [0.2, 0.25) is 0 Å². The quantitative estimate of drug-likeness (QED) is 0.604. The summed E-state index contributed by atoms with van der Waals surface area (Å²) in [6.45, 7) is 0.702. The highest BCUT2D eigenvalue weighted by Crippen LogP contribution is 2.29. The van der Waals surface area contributed by atoms with E-state index in [1.807, 2.05) is 0 Å². The monoisotopic (exact) mass is 407 g/mol. The molecule has 150 valence electrons. The minimum atomic E-state index is -4.70. The Morgan fingerprint density at radius 2 is 1.82 bits per heavy atom. The van der Waals surface area contributed by atoms with Crippen LogP contribution in [0, 0.1) is 5.82 Å². The Kier molecular flexibility index (Phi) is 4.87. The fourth-order valence-electron chi connectivity index (χ4n) is 2.10. The van der Waals surface area contributed by atoms with E-state index in [-0.39, 0.29) is 16.9 Å². The van der Waals surface area contributed by atoms with Crippen molar-refractivity contribution in [3.8, 4) is 17.1 Å². The van der Waals surface area contributed by atoms with Gasteiger partial charge in [0, 0.05) is 18.9 Å². The summed E-state index contributed by atoms with van der Waals surface area (Å²) < 4.78 is 88.4. The summed E-state index contributed by atoms with van der Waals surface area (Å²) in [5.74, 6) is -2.94. The number of hydrogen-bond donors (Lipinski definition) is 0. The minimum absolute atomic E-state index is 0.00629. The zero-order valence-electron chi connectivity index (χ0n) is 14.2. The van der Waals surface area contributed by atoms with Gasteiger partial charge in [0.1, 0.15) is 0 Å². The molecule has 0 saturated carbocycles. The van der Waals surface area contributed by atoms with Gasteiger partial charge in [0.25, 0.3) is 11.7 Å². The first-order valence-electron chi connectivity index (χ1n) is 7.58. The van der Waals surface area contributed by atoms with Crippen molar-refractivity contribution in [2.45, 2.75) is 25.3 Å². The van der Waals surface area contributed by atoms with Crippen molar-refractivity contribution in [1.82, 2.24) is 24.8 Å². The SMILES string of the molecule is COC(F)(F)c1nnc2ccc(-c3cnc(O[C@H](C)C(F)(F)F)c(F)c3)nn12.